The maximum atomic E-state index is 12.4. The topological polar surface area (TPSA) is 61.1 Å². The van der Waals surface area contributed by atoms with Crippen LogP contribution in [0.15, 0.2) is 24.3 Å². The SMILES string of the molecule is N#CC(=CCC(=O)O)c1ccc(C(F)(F)F)cc1Cl. The molecule has 0 unspecified atom stereocenters. The second kappa shape index (κ2) is 5.76. The highest BCUT2D eigenvalue weighted by atomic mass is 35.5. The summed E-state index contributed by atoms with van der Waals surface area (Å²) >= 11 is 5.68. The minimum atomic E-state index is -4.53. The Kier molecular flexibility index (Phi) is 4.57. The highest BCUT2D eigenvalue weighted by Crippen LogP contribution is 2.33. The average molecular weight is 290 g/mol. The van der Waals surface area contributed by atoms with E-state index in [0.29, 0.717) is 6.07 Å². The molecule has 0 aliphatic carbocycles. The lowest BCUT2D eigenvalue weighted by atomic mass is 10.0. The second-order valence-corrected chi connectivity index (χ2v) is 3.93. The number of halogens is 4. The molecule has 0 heterocycles. The third-order valence-electron chi connectivity index (χ3n) is 2.19. The zero-order valence-electron chi connectivity index (χ0n) is 9.33. The summed E-state index contributed by atoms with van der Waals surface area (Å²) in [5.41, 5.74) is -0.948. The first-order valence-electron chi connectivity index (χ1n) is 4.95. The van der Waals surface area contributed by atoms with Crippen LogP contribution in [0.25, 0.3) is 5.57 Å². The van der Waals surface area contributed by atoms with Crippen molar-refractivity contribution in [2.75, 3.05) is 0 Å². The average Bonchev–Trinajstić information content (AvgIpc) is 2.29. The van der Waals surface area contributed by atoms with Gasteiger partial charge in [0.2, 0.25) is 0 Å². The number of hydrogen-bond donors (Lipinski definition) is 1. The van der Waals surface area contributed by atoms with Gasteiger partial charge in [0.15, 0.2) is 0 Å². The minimum absolute atomic E-state index is 0.0680. The molecule has 0 radical (unpaired) electrons. The van der Waals surface area contributed by atoms with Gasteiger partial charge in [-0.1, -0.05) is 23.7 Å². The van der Waals surface area contributed by atoms with Crippen molar-refractivity contribution in [3.05, 3.63) is 40.4 Å². The van der Waals surface area contributed by atoms with Crippen LogP contribution >= 0.6 is 11.6 Å². The lowest BCUT2D eigenvalue weighted by Crippen LogP contribution is -2.05. The van der Waals surface area contributed by atoms with Crippen molar-refractivity contribution in [3.8, 4) is 6.07 Å². The van der Waals surface area contributed by atoms with Gasteiger partial charge in [-0.25, -0.2) is 0 Å². The first kappa shape index (κ1) is 15.1. The van der Waals surface area contributed by atoms with Gasteiger partial charge < -0.3 is 5.11 Å². The van der Waals surface area contributed by atoms with Gasteiger partial charge in [0.25, 0.3) is 0 Å². The van der Waals surface area contributed by atoms with E-state index < -0.39 is 24.1 Å². The summed E-state index contributed by atoms with van der Waals surface area (Å²) in [6, 6.07) is 4.23. The first-order valence-corrected chi connectivity index (χ1v) is 5.32. The number of alkyl halides is 3. The molecular formula is C12H7ClF3NO2. The van der Waals surface area contributed by atoms with Crippen LogP contribution in [0.3, 0.4) is 0 Å². The van der Waals surface area contributed by atoms with Crippen molar-refractivity contribution in [1.82, 2.24) is 0 Å². The fourth-order valence-corrected chi connectivity index (χ4v) is 1.60. The first-order chi connectivity index (χ1) is 8.75. The van der Waals surface area contributed by atoms with Gasteiger partial charge in [0.1, 0.15) is 0 Å². The molecule has 0 saturated carbocycles. The van der Waals surface area contributed by atoms with Gasteiger partial charge in [-0.05, 0) is 12.1 Å². The van der Waals surface area contributed by atoms with E-state index in [-0.39, 0.29) is 16.2 Å². The molecule has 1 aromatic rings. The predicted octanol–water partition coefficient (Wildman–Crippen LogP) is 3.74. The van der Waals surface area contributed by atoms with Crippen molar-refractivity contribution in [3.63, 3.8) is 0 Å². The Morgan fingerprint density at radius 3 is 2.53 bits per heavy atom. The zero-order chi connectivity index (χ0) is 14.6. The van der Waals surface area contributed by atoms with E-state index in [0.717, 1.165) is 18.2 Å². The standard InChI is InChI=1S/C12H7ClF3NO2/c13-10-5-8(12(14,15)16)2-3-9(10)7(6-17)1-4-11(18)19/h1-3,5H,4H2,(H,18,19). The monoisotopic (exact) mass is 289 g/mol. The van der Waals surface area contributed by atoms with Crippen LogP contribution < -0.4 is 0 Å². The molecule has 0 amide bonds. The zero-order valence-corrected chi connectivity index (χ0v) is 10.1. The van der Waals surface area contributed by atoms with Crippen LogP contribution in [0.5, 0.6) is 0 Å². The minimum Gasteiger partial charge on any atom is -0.481 e. The molecule has 1 aromatic carbocycles. The molecule has 0 aromatic heterocycles. The fraction of sp³-hybridized carbons (Fsp3) is 0.167. The van der Waals surface area contributed by atoms with Gasteiger partial charge in [-0.2, -0.15) is 18.4 Å². The molecule has 3 nitrogen and oxygen atoms in total. The number of carboxylic acids is 1. The molecular weight excluding hydrogens is 283 g/mol. The number of hydrogen-bond acceptors (Lipinski definition) is 2. The van der Waals surface area contributed by atoms with Crippen molar-refractivity contribution in [2.24, 2.45) is 0 Å². The quantitative estimate of drug-likeness (QED) is 0.862. The number of nitrogens with zero attached hydrogens (tertiary/aromatic N) is 1. The van der Waals surface area contributed by atoms with Gasteiger partial charge in [0.05, 0.1) is 23.6 Å². The third kappa shape index (κ3) is 4.00. The van der Waals surface area contributed by atoms with Crippen molar-refractivity contribution in [1.29, 1.82) is 5.26 Å². The Balaban J connectivity index is 3.18. The molecule has 0 atom stereocenters. The summed E-state index contributed by atoms with van der Waals surface area (Å²) in [4.78, 5) is 10.4. The summed E-state index contributed by atoms with van der Waals surface area (Å²) in [5, 5.41) is 17.1. The number of rotatable bonds is 3. The van der Waals surface area contributed by atoms with Crippen LogP contribution in [0.4, 0.5) is 13.2 Å². The number of nitriles is 1. The highest BCUT2D eigenvalue weighted by molar-refractivity contribution is 6.32. The summed E-state index contributed by atoms with van der Waals surface area (Å²) in [5.74, 6) is -1.16. The maximum absolute atomic E-state index is 12.4. The van der Waals surface area contributed by atoms with E-state index in [1.807, 2.05) is 0 Å². The lowest BCUT2D eigenvalue weighted by Gasteiger charge is -2.09. The van der Waals surface area contributed by atoms with Gasteiger partial charge in [0, 0.05) is 10.6 Å². The Bertz CT molecular complexity index is 573. The van der Waals surface area contributed by atoms with Crippen molar-refractivity contribution < 1.29 is 23.1 Å². The van der Waals surface area contributed by atoms with Crippen LogP contribution in [-0.4, -0.2) is 11.1 Å². The molecule has 0 saturated heterocycles. The Hall–Kier alpha value is -2.00. The van der Waals surface area contributed by atoms with Gasteiger partial charge in [-0.3, -0.25) is 4.79 Å². The van der Waals surface area contributed by atoms with E-state index in [4.69, 9.17) is 22.0 Å². The normalized spacial score (nSPS) is 12.1. The molecule has 19 heavy (non-hydrogen) atoms. The Morgan fingerprint density at radius 1 is 1.47 bits per heavy atom. The maximum Gasteiger partial charge on any atom is 0.416 e. The molecule has 1 N–H and O–H groups in total. The number of carboxylic acid groups (broad SMARTS) is 1. The Labute approximate surface area is 111 Å². The summed E-state index contributed by atoms with van der Waals surface area (Å²) in [6.07, 6.45) is -3.85. The highest BCUT2D eigenvalue weighted by Gasteiger charge is 2.31. The smallest absolute Gasteiger partial charge is 0.416 e. The number of benzene rings is 1. The lowest BCUT2D eigenvalue weighted by molar-refractivity contribution is -0.138. The van der Waals surface area contributed by atoms with E-state index in [1.54, 1.807) is 6.07 Å². The molecule has 0 spiro atoms. The number of allylic oxidation sites excluding steroid dienone is 1. The molecule has 0 bridgehead atoms. The molecule has 0 aliphatic heterocycles. The number of aliphatic carboxylic acids is 1. The van der Waals surface area contributed by atoms with E-state index in [9.17, 15) is 18.0 Å². The van der Waals surface area contributed by atoms with E-state index in [1.165, 1.54) is 0 Å². The summed E-state index contributed by atoms with van der Waals surface area (Å²) in [7, 11) is 0. The van der Waals surface area contributed by atoms with Crippen LogP contribution in [-0.2, 0) is 11.0 Å². The Morgan fingerprint density at radius 2 is 2.11 bits per heavy atom. The van der Waals surface area contributed by atoms with Crippen LogP contribution in [0.1, 0.15) is 17.5 Å². The van der Waals surface area contributed by atoms with Gasteiger partial charge >= 0.3 is 12.1 Å². The second-order valence-electron chi connectivity index (χ2n) is 3.52. The largest absolute Gasteiger partial charge is 0.481 e. The number of carbonyl (C=O) groups is 1. The molecule has 7 heteroatoms. The van der Waals surface area contributed by atoms with Gasteiger partial charge in [-0.15, -0.1) is 0 Å². The van der Waals surface area contributed by atoms with E-state index in [2.05, 4.69) is 0 Å². The molecule has 100 valence electrons. The van der Waals surface area contributed by atoms with Crippen LogP contribution in [0.2, 0.25) is 5.02 Å². The van der Waals surface area contributed by atoms with Crippen molar-refractivity contribution in [2.45, 2.75) is 12.6 Å². The molecule has 1 rings (SSSR count). The summed E-state index contributed by atoms with van der Waals surface area (Å²) < 4.78 is 37.3. The predicted molar refractivity (Wildman–Crippen MR) is 62.3 cm³/mol. The van der Waals surface area contributed by atoms with Crippen molar-refractivity contribution >= 4 is 23.1 Å². The summed E-state index contributed by atoms with van der Waals surface area (Å²) in [6.45, 7) is 0. The molecule has 0 fully saturated rings. The third-order valence-corrected chi connectivity index (χ3v) is 2.50. The van der Waals surface area contributed by atoms with Crippen LogP contribution in [0, 0.1) is 11.3 Å². The fourth-order valence-electron chi connectivity index (χ4n) is 1.32. The van der Waals surface area contributed by atoms with E-state index >= 15 is 0 Å². The molecule has 0 aliphatic rings.